The van der Waals surface area contributed by atoms with Crippen LogP contribution >= 0.6 is 12.4 Å². The van der Waals surface area contributed by atoms with Crippen molar-refractivity contribution >= 4 is 40.0 Å². The van der Waals surface area contributed by atoms with E-state index in [1.807, 2.05) is 13.8 Å². The zero-order valence-electron chi connectivity index (χ0n) is 15.7. The number of nitrogens with two attached hydrogens (primary N) is 2. The van der Waals surface area contributed by atoms with Gasteiger partial charge in [0.15, 0.2) is 9.84 Å². The Balaban J connectivity index is 0.00000676. The van der Waals surface area contributed by atoms with Crippen LogP contribution < -0.4 is 16.8 Å². The fraction of sp³-hybridized carbons (Fsp3) is 0.812. The maximum Gasteiger partial charge on any atom is 0.337 e. The molecule has 11 heteroatoms. The van der Waals surface area contributed by atoms with Gasteiger partial charge in [-0.25, -0.2) is 13.2 Å². The lowest BCUT2D eigenvalue weighted by Crippen LogP contribution is -2.63. The molecule has 0 aromatic heterocycles. The first kappa shape index (κ1) is 25.6. The number of rotatable bonds is 11. The predicted molar refractivity (Wildman–Crippen MR) is 103 cm³/mol. The van der Waals surface area contributed by atoms with Crippen LogP contribution in [0.25, 0.3) is 0 Å². The molecule has 158 valence electrons. The van der Waals surface area contributed by atoms with E-state index in [9.17, 15) is 22.8 Å². The molecule has 5 N–H and O–H groups in total. The summed E-state index contributed by atoms with van der Waals surface area (Å²) in [5.74, 6) is -3.73. The molecule has 1 aliphatic rings. The van der Waals surface area contributed by atoms with Gasteiger partial charge in [0.2, 0.25) is 17.4 Å². The minimum atomic E-state index is -3.83. The molecule has 2 atom stereocenters. The van der Waals surface area contributed by atoms with Crippen LogP contribution in [0.15, 0.2) is 0 Å². The molecule has 1 heterocycles. The molecular formula is C16H30ClN3O6S. The number of nitrogens with one attached hydrogen (secondary N) is 1. The molecule has 2 amide bonds. The number of esters is 1. The number of amides is 2. The van der Waals surface area contributed by atoms with Gasteiger partial charge in [0.1, 0.15) is 0 Å². The van der Waals surface area contributed by atoms with Crippen molar-refractivity contribution in [2.45, 2.75) is 56.7 Å². The average Bonchev–Trinajstić information content (AvgIpc) is 2.97. The molecule has 0 spiro atoms. The van der Waals surface area contributed by atoms with Crippen molar-refractivity contribution in [2.24, 2.45) is 17.4 Å². The van der Waals surface area contributed by atoms with Gasteiger partial charge in [-0.3, -0.25) is 9.59 Å². The van der Waals surface area contributed by atoms with Gasteiger partial charge in [0.25, 0.3) is 0 Å². The normalized spacial score (nSPS) is 19.1. The fourth-order valence-electron chi connectivity index (χ4n) is 2.92. The number of hydrogen-bond acceptors (Lipinski definition) is 7. The Morgan fingerprint density at radius 2 is 1.85 bits per heavy atom. The van der Waals surface area contributed by atoms with Gasteiger partial charge in [0.05, 0.1) is 17.6 Å². The van der Waals surface area contributed by atoms with Crippen molar-refractivity contribution in [3.63, 3.8) is 0 Å². The second-order valence-electron chi connectivity index (χ2n) is 6.81. The summed E-state index contributed by atoms with van der Waals surface area (Å²) in [7, 11) is -3.83. The number of primary amides is 1. The lowest BCUT2D eigenvalue weighted by molar-refractivity contribution is -0.154. The molecule has 1 rings (SSSR count). The first-order valence-electron chi connectivity index (χ1n) is 8.81. The van der Waals surface area contributed by atoms with E-state index in [2.05, 4.69) is 5.32 Å². The summed E-state index contributed by atoms with van der Waals surface area (Å²) >= 11 is 0. The summed E-state index contributed by atoms with van der Waals surface area (Å²) in [5.41, 5.74) is 8.59. The quantitative estimate of drug-likeness (QED) is 0.300. The standard InChI is InChI=1S/C16H29N3O6S.ClH/c1-3-5-12(6-4-2)26(23,24)10-16(18,14(17)21)15(22)25-9-11-7-13(20)19-8-11;/h11-12H,3-10,18H2,1-2H3,(H2,17,21)(H,19,20);1H/t11-,16-;/m0./s1. The van der Waals surface area contributed by atoms with Crippen molar-refractivity contribution in [2.75, 3.05) is 18.9 Å². The molecule has 0 aliphatic carbocycles. The van der Waals surface area contributed by atoms with Crippen LogP contribution in [0.5, 0.6) is 0 Å². The molecule has 27 heavy (non-hydrogen) atoms. The molecule has 0 unspecified atom stereocenters. The highest BCUT2D eigenvalue weighted by Gasteiger charge is 2.48. The lowest BCUT2D eigenvalue weighted by atomic mass is 10.0. The van der Waals surface area contributed by atoms with Gasteiger partial charge < -0.3 is 21.5 Å². The number of carbonyl (C=O) groups is 3. The first-order valence-corrected chi connectivity index (χ1v) is 10.5. The second-order valence-corrected chi connectivity index (χ2v) is 9.10. The Morgan fingerprint density at radius 3 is 2.26 bits per heavy atom. The number of halogens is 1. The number of sulfone groups is 1. The first-order chi connectivity index (χ1) is 12.1. The maximum atomic E-state index is 12.7. The van der Waals surface area contributed by atoms with E-state index in [4.69, 9.17) is 16.2 Å². The molecule has 1 saturated heterocycles. The van der Waals surface area contributed by atoms with Crippen LogP contribution in [-0.2, 0) is 29.0 Å². The van der Waals surface area contributed by atoms with Gasteiger partial charge in [0, 0.05) is 18.9 Å². The van der Waals surface area contributed by atoms with E-state index < -0.39 is 38.3 Å². The van der Waals surface area contributed by atoms with Crippen molar-refractivity contribution in [3.05, 3.63) is 0 Å². The van der Waals surface area contributed by atoms with Gasteiger partial charge in [-0.05, 0) is 12.8 Å². The minimum Gasteiger partial charge on any atom is -0.464 e. The largest absolute Gasteiger partial charge is 0.464 e. The van der Waals surface area contributed by atoms with E-state index in [1.54, 1.807) is 0 Å². The van der Waals surface area contributed by atoms with Crippen molar-refractivity contribution in [3.8, 4) is 0 Å². The third-order valence-electron chi connectivity index (χ3n) is 4.47. The van der Waals surface area contributed by atoms with E-state index >= 15 is 0 Å². The molecule has 0 saturated carbocycles. The molecule has 1 fully saturated rings. The molecular weight excluding hydrogens is 398 g/mol. The molecule has 0 aromatic rings. The highest BCUT2D eigenvalue weighted by molar-refractivity contribution is 7.92. The van der Waals surface area contributed by atoms with Crippen LogP contribution in [0.1, 0.15) is 46.0 Å². The highest BCUT2D eigenvalue weighted by Crippen LogP contribution is 2.20. The van der Waals surface area contributed by atoms with Crippen LogP contribution in [0, 0.1) is 5.92 Å². The summed E-state index contributed by atoms with van der Waals surface area (Å²) in [4.78, 5) is 35.3. The summed E-state index contributed by atoms with van der Waals surface area (Å²) < 4.78 is 30.4. The third-order valence-corrected chi connectivity index (χ3v) is 6.82. The Bertz CT molecular complexity index is 636. The van der Waals surface area contributed by atoms with Gasteiger partial charge in [-0.2, -0.15) is 0 Å². The second kappa shape index (κ2) is 10.8. The number of carbonyl (C=O) groups excluding carboxylic acids is 3. The van der Waals surface area contributed by atoms with Crippen LogP contribution in [0.4, 0.5) is 0 Å². The molecule has 0 radical (unpaired) electrons. The molecule has 1 aliphatic heterocycles. The topological polar surface area (TPSA) is 159 Å². The average molecular weight is 428 g/mol. The highest BCUT2D eigenvalue weighted by atomic mass is 35.5. The molecule has 0 bridgehead atoms. The SMILES string of the molecule is CCCC(CCC)S(=O)(=O)C[C@](N)(C(N)=O)C(=O)OC[C@@H]1CNC(=O)C1.Cl. The predicted octanol–water partition coefficient (Wildman–Crippen LogP) is -0.346. The maximum absolute atomic E-state index is 12.7. The summed E-state index contributed by atoms with van der Waals surface area (Å²) in [5, 5.41) is 1.90. The summed E-state index contributed by atoms with van der Waals surface area (Å²) in [6.45, 7) is 3.91. The van der Waals surface area contributed by atoms with E-state index in [-0.39, 0.29) is 37.3 Å². The van der Waals surface area contributed by atoms with E-state index in [1.165, 1.54) is 0 Å². The van der Waals surface area contributed by atoms with Gasteiger partial charge in [-0.15, -0.1) is 12.4 Å². The number of hydrogen-bond donors (Lipinski definition) is 3. The minimum absolute atomic E-state index is 0. The van der Waals surface area contributed by atoms with Crippen LogP contribution in [-0.4, -0.2) is 55.9 Å². The van der Waals surface area contributed by atoms with E-state index in [0.717, 1.165) is 0 Å². The fourth-order valence-corrected chi connectivity index (χ4v) is 5.24. The lowest BCUT2D eigenvalue weighted by Gasteiger charge is -2.26. The monoisotopic (exact) mass is 427 g/mol. The van der Waals surface area contributed by atoms with Crippen LogP contribution in [0.2, 0.25) is 0 Å². The van der Waals surface area contributed by atoms with Crippen LogP contribution in [0.3, 0.4) is 0 Å². The Morgan fingerprint density at radius 1 is 1.30 bits per heavy atom. The van der Waals surface area contributed by atoms with E-state index in [0.29, 0.717) is 32.2 Å². The Labute approximate surface area is 166 Å². The smallest absolute Gasteiger partial charge is 0.337 e. The zero-order valence-corrected chi connectivity index (χ0v) is 17.4. The van der Waals surface area contributed by atoms with Gasteiger partial charge >= 0.3 is 5.97 Å². The zero-order chi connectivity index (χ0) is 20.0. The van der Waals surface area contributed by atoms with Crippen molar-refractivity contribution < 1.29 is 27.5 Å². The summed E-state index contributed by atoms with van der Waals surface area (Å²) in [6, 6.07) is 0. The third kappa shape index (κ3) is 6.93. The van der Waals surface area contributed by atoms with Crippen molar-refractivity contribution in [1.29, 1.82) is 0 Å². The Kier molecular flexibility index (Phi) is 10.3. The number of ether oxygens (including phenoxy) is 1. The van der Waals surface area contributed by atoms with Crippen molar-refractivity contribution in [1.82, 2.24) is 5.32 Å². The Hall–Kier alpha value is -1.39. The molecule has 0 aromatic carbocycles. The van der Waals surface area contributed by atoms with Gasteiger partial charge in [-0.1, -0.05) is 26.7 Å². The summed E-state index contributed by atoms with van der Waals surface area (Å²) in [6.07, 6.45) is 2.30. The molecule has 9 nitrogen and oxygen atoms in total.